The van der Waals surface area contributed by atoms with Crippen molar-refractivity contribution in [3.05, 3.63) is 30.1 Å². The van der Waals surface area contributed by atoms with Gasteiger partial charge < -0.3 is 9.80 Å². The van der Waals surface area contributed by atoms with Crippen LogP contribution in [0.2, 0.25) is 0 Å². The fraction of sp³-hybridized carbons (Fsp3) is 0.385. The lowest BCUT2D eigenvalue weighted by atomic mass is 10.1. The van der Waals surface area contributed by atoms with E-state index in [1.54, 1.807) is 28.9 Å². The summed E-state index contributed by atoms with van der Waals surface area (Å²) in [6.07, 6.45) is 0. The van der Waals surface area contributed by atoms with E-state index in [0.717, 1.165) is 0 Å². The molecule has 0 saturated carbocycles. The number of hydrogen-bond acceptors (Lipinski definition) is 2. The van der Waals surface area contributed by atoms with Crippen LogP contribution in [0.4, 0.5) is 10.1 Å². The Hall–Kier alpha value is -1.91. The van der Waals surface area contributed by atoms with Gasteiger partial charge in [-0.25, -0.2) is 4.39 Å². The van der Waals surface area contributed by atoms with Gasteiger partial charge in [-0.1, -0.05) is 0 Å². The smallest absolute Gasteiger partial charge is 0.249 e. The summed E-state index contributed by atoms with van der Waals surface area (Å²) in [5.74, 6) is -0.570. The Morgan fingerprint density at radius 1 is 1.28 bits per heavy atom. The molecule has 1 atom stereocenters. The fourth-order valence-electron chi connectivity index (χ4n) is 2.18. The van der Waals surface area contributed by atoms with Crippen LogP contribution in [0.25, 0.3) is 0 Å². The van der Waals surface area contributed by atoms with Gasteiger partial charge in [0.15, 0.2) is 0 Å². The van der Waals surface area contributed by atoms with Gasteiger partial charge in [-0.15, -0.1) is 0 Å². The summed E-state index contributed by atoms with van der Waals surface area (Å²) >= 11 is 0. The Morgan fingerprint density at radius 2 is 1.89 bits per heavy atom. The van der Waals surface area contributed by atoms with Crippen LogP contribution < -0.4 is 4.90 Å². The summed E-state index contributed by atoms with van der Waals surface area (Å²) < 4.78 is 12.8. The van der Waals surface area contributed by atoms with Crippen molar-refractivity contribution in [1.82, 2.24) is 4.90 Å². The first-order chi connectivity index (χ1) is 8.50. The summed E-state index contributed by atoms with van der Waals surface area (Å²) in [4.78, 5) is 26.6. The summed E-state index contributed by atoms with van der Waals surface area (Å²) in [6, 6.07) is 5.32. The van der Waals surface area contributed by atoms with Crippen molar-refractivity contribution in [3.8, 4) is 0 Å². The molecule has 4 nitrogen and oxygen atoms in total. The molecular weight excluding hydrogens is 235 g/mol. The van der Waals surface area contributed by atoms with E-state index in [4.69, 9.17) is 0 Å². The molecule has 2 rings (SSSR count). The minimum absolute atomic E-state index is 0.102. The lowest BCUT2D eigenvalue weighted by Gasteiger charge is -2.38. The van der Waals surface area contributed by atoms with Crippen LogP contribution in [0.1, 0.15) is 13.8 Å². The van der Waals surface area contributed by atoms with Crippen molar-refractivity contribution < 1.29 is 14.0 Å². The summed E-state index contributed by atoms with van der Waals surface area (Å²) in [5.41, 5.74) is 0.663. The molecule has 1 aromatic rings. The van der Waals surface area contributed by atoms with Gasteiger partial charge in [-0.2, -0.15) is 0 Å². The zero-order valence-corrected chi connectivity index (χ0v) is 10.4. The van der Waals surface area contributed by atoms with Crippen LogP contribution in [-0.4, -0.2) is 35.8 Å². The first kappa shape index (κ1) is 12.5. The van der Waals surface area contributed by atoms with Crippen LogP contribution >= 0.6 is 0 Å². The number of rotatable bonds is 1. The highest BCUT2D eigenvalue weighted by Gasteiger charge is 2.33. The quantitative estimate of drug-likeness (QED) is 0.756. The highest BCUT2D eigenvalue weighted by Crippen LogP contribution is 2.20. The van der Waals surface area contributed by atoms with Crippen molar-refractivity contribution in [2.24, 2.45) is 0 Å². The molecule has 1 aliphatic rings. The van der Waals surface area contributed by atoms with E-state index in [1.165, 1.54) is 19.1 Å². The van der Waals surface area contributed by atoms with Crippen LogP contribution in [0.15, 0.2) is 24.3 Å². The highest BCUT2D eigenvalue weighted by molar-refractivity contribution is 5.99. The van der Waals surface area contributed by atoms with Gasteiger partial charge in [-0.3, -0.25) is 9.59 Å². The molecule has 0 bridgehead atoms. The molecule has 96 valence electrons. The van der Waals surface area contributed by atoms with Crippen molar-refractivity contribution in [1.29, 1.82) is 0 Å². The minimum atomic E-state index is -0.471. The molecule has 1 unspecified atom stereocenters. The van der Waals surface area contributed by atoms with Crippen molar-refractivity contribution in [3.63, 3.8) is 0 Å². The third-order valence-electron chi connectivity index (χ3n) is 3.20. The molecule has 1 aliphatic heterocycles. The van der Waals surface area contributed by atoms with Gasteiger partial charge >= 0.3 is 0 Å². The standard InChI is InChI=1S/C13H15FN2O2/c1-9-13(18)16(8-7-15(9)10(2)17)12-5-3-11(14)4-6-12/h3-6,9H,7-8H2,1-2H3. The first-order valence-corrected chi connectivity index (χ1v) is 5.85. The number of piperazine rings is 1. The second-order valence-corrected chi connectivity index (χ2v) is 4.35. The number of amides is 2. The van der Waals surface area contributed by atoms with E-state index >= 15 is 0 Å². The van der Waals surface area contributed by atoms with E-state index < -0.39 is 6.04 Å². The molecule has 0 radical (unpaired) electrons. The molecule has 1 heterocycles. The number of hydrogen-bond donors (Lipinski definition) is 0. The maximum Gasteiger partial charge on any atom is 0.249 e. The Balaban J connectivity index is 2.20. The predicted octanol–water partition coefficient (Wildman–Crippen LogP) is 1.41. The van der Waals surface area contributed by atoms with E-state index in [0.29, 0.717) is 18.8 Å². The zero-order valence-electron chi connectivity index (χ0n) is 10.4. The lowest BCUT2D eigenvalue weighted by molar-refractivity contribution is -0.139. The Labute approximate surface area is 105 Å². The second-order valence-electron chi connectivity index (χ2n) is 4.35. The molecule has 0 aliphatic carbocycles. The third-order valence-corrected chi connectivity index (χ3v) is 3.20. The second kappa shape index (κ2) is 4.76. The lowest BCUT2D eigenvalue weighted by Crippen LogP contribution is -2.57. The molecule has 0 aromatic heterocycles. The third kappa shape index (κ3) is 2.20. The Bertz CT molecular complexity index is 472. The number of carbonyl (C=O) groups excluding carboxylic acids is 2. The molecule has 1 aromatic carbocycles. The van der Waals surface area contributed by atoms with E-state index in [1.807, 2.05) is 0 Å². The van der Waals surface area contributed by atoms with Crippen molar-refractivity contribution in [2.45, 2.75) is 19.9 Å². The number of halogens is 1. The van der Waals surface area contributed by atoms with Crippen molar-refractivity contribution in [2.75, 3.05) is 18.0 Å². The van der Waals surface area contributed by atoms with Crippen LogP contribution in [0.5, 0.6) is 0 Å². The molecule has 5 heteroatoms. The zero-order chi connectivity index (χ0) is 13.3. The van der Waals surface area contributed by atoms with Gasteiger partial charge in [0, 0.05) is 25.7 Å². The molecule has 0 spiro atoms. The van der Waals surface area contributed by atoms with Crippen LogP contribution in [0, 0.1) is 5.82 Å². The summed E-state index contributed by atoms with van der Waals surface area (Å²) in [6.45, 7) is 4.10. The highest BCUT2D eigenvalue weighted by atomic mass is 19.1. The summed E-state index contributed by atoms with van der Waals surface area (Å²) in [5, 5.41) is 0. The van der Waals surface area contributed by atoms with Gasteiger partial charge in [0.05, 0.1) is 0 Å². The first-order valence-electron chi connectivity index (χ1n) is 5.85. The number of carbonyl (C=O) groups is 2. The molecule has 18 heavy (non-hydrogen) atoms. The van der Waals surface area contributed by atoms with E-state index in [9.17, 15) is 14.0 Å². The number of benzene rings is 1. The molecule has 1 fully saturated rings. The average Bonchev–Trinajstić information content (AvgIpc) is 2.33. The van der Waals surface area contributed by atoms with Gasteiger partial charge in [0.25, 0.3) is 0 Å². The molecule has 1 saturated heterocycles. The average molecular weight is 250 g/mol. The Morgan fingerprint density at radius 3 is 2.44 bits per heavy atom. The normalized spacial score (nSPS) is 20.2. The summed E-state index contributed by atoms with van der Waals surface area (Å²) in [7, 11) is 0. The van der Waals surface area contributed by atoms with Crippen molar-refractivity contribution >= 4 is 17.5 Å². The minimum Gasteiger partial charge on any atom is -0.329 e. The largest absolute Gasteiger partial charge is 0.329 e. The Kier molecular flexibility index (Phi) is 3.32. The number of anilines is 1. The van der Waals surface area contributed by atoms with Crippen LogP contribution in [-0.2, 0) is 9.59 Å². The van der Waals surface area contributed by atoms with E-state index in [2.05, 4.69) is 0 Å². The monoisotopic (exact) mass is 250 g/mol. The molecule has 2 amide bonds. The maximum atomic E-state index is 12.8. The van der Waals surface area contributed by atoms with Gasteiger partial charge in [0.1, 0.15) is 11.9 Å². The SMILES string of the molecule is CC(=O)N1CCN(c2ccc(F)cc2)C(=O)C1C. The molecular formula is C13H15FN2O2. The van der Waals surface area contributed by atoms with Gasteiger partial charge in [0.2, 0.25) is 11.8 Å². The predicted molar refractivity (Wildman–Crippen MR) is 65.6 cm³/mol. The van der Waals surface area contributed by atoms with E-state index in [-0.39, 0.29) is 17.6 Å². The number of nitrogens with zero attached hydrogens (tertiary/aromatic N) is 2. The molecule has 0 N–H and O–H groups in total. The van der Waals surface area contributed by atoms with Gasteiger partial charge in [-0.05, 0) is 31.2 Å². The maximum absolute atomic E-state index is 12.8. The van der Waals surface area contributed by atoms with Crippen LogP contribution in [0.3, 0.4) is 0 Å². The fourth-order valence-corrected chi connectivity index (χ4v) is 2.18. The topological polar surface area (TPSA) is 40.6 Å².